The molecule has 0 amide bonds. The van der Waals surface area contributed by atoms with Crippen LogP contribution in [-0.4, -0.2) is 9.13 Å². The molecule has 0 radical (unpaired) electrons. The van der Waals surface area contributed by atoms with Gasteiger partial charge in [0, 0.05) is 49.9 Å². The lowest BCUT2D eigenvalue weighted by Gasteiger charge is -2.24. The summed E-state index contributed by atoms with van der Waals surface area (Å²) in [6.07, 6.45) is 10.4. The zero-order chi connectivity index (χ0) is 41.0. The molecule has 0 aliphatic heterocycles. The number of nitrogens with zero attached hydrogens (tertiary/aromatic N) is 2. The minimum absolute atomic E-state index is 0.136. The van der Waals surface area contributed by atoms with E-state index in [9.17, 15) is 0 Å². The van der Waals surface area contributed by atoms with Gasteiger partial charge < -0.3 is 9.13 Å². The van der Waals surface area contributed by atoms with Crippen molar-refractivity contribution in [2.75, 3.05) is 0 Å². The van der Waals surface area contributed by atoms with Crippen LogP contribution in [-0.2, 0) is 23.7 Å². The van der Waals surface area contributed by atoms with E-state index in [4.69, 9.17) is 0 Å². The molecule has 2 heteroatoms. The molecule has 1 atom stereocenters. The third-order valence-corrected chi connectivity index (χ3v) is 15.0. The number of rotatable bonds is 3. The zero-order valence-electron chi connectivity index (χ0n) is 36.2. The minimum atomic E-state index is -0.141. The van der Waals surface area contributed by atoms with Crippen molar-refractivity contribution in [2.45, 2.75) is 85.5 Å². The van der Waals surface area contributed by atoms with Crippen LogP contribution in [0.4, 0.5) is 0 Å². The lowest BCUT2D eigenvalue weighted by Crippen LogP contribution is -2.16. The van der Waals surface area contributed by atoms with Crippen LogP contribution in [0.2, 0.25) is 0 Å². The topological polar surface area (TPSA) is 9.86 Å². The molecule has 12 rings (SSSR count). The number of allylic oxidation sites excluding steroid dienone is 2. The second-order valence-electron chi connectivity index (χ2n) is 19.7. The molecule has 0 bridgehead atoms. The summed E-state index contributed by atoms with van der Waals surface area (Å²) in [5.41, 5.74) is 28.3. The van der Waals surface area contributed by atoms with Gasteiger partial charge in [0.2, 0.25) is 0 Å². The summed E-state index contributed by atoms with van der Waals surface area (Å²) in [5, 5.41) is 2.76. The molecule has 1 unspecified atom stereocenters. The fraction of sp³-hybridized carbons (Fsp3) is 0.241. The Hall–Kier alpha value is -6.12. The van der Waals surface area contributed by atoms with E-state index in [0.29, 0.717) is 5.92 Å². The highest BCUT2D eigenvalue weighted by Crippen LogP contribution is 2.53. The van der Waals surface area contributed by atoms with E-state index in [-0.39, 0.29) is 10.8 Å². The van der Waals surface area contributed by atoms with Crippen molar-refractivity contribution < 1.29 is 0 Å². The third kappa shape index (κ3) is 4.88. The first-order chi connectivity index (χ1) is 28.9. The van der Waals surface area contributed by atoms with Gasteiger partial charge in [0.1, 0.15) is 0 Å². The second kappa shape index (κ2) is 12.2. The summed E-state index contributed by atoms with van der Waals surface area (Å²) >= 11 is 0. The highest BCUT2D eigenvalue weighted by Gasteiger charge is 2.38. The number of hydrogen-bond acceptors (Lipinski definition) is 0. The molecule has 4 aliphatic carbocycles. The number of aryl methyl sites for hydroxylation is 2. The number of fused-ring (bicyclic) bond motifs is 12. The van der Waals surface area contributed by atoms with Gasteiger partial charge in [0.15, 0.2) is 0 Å². The standard InChI is InChI=1S/C58H52N2/c1-33-9-21-53-45(25-33)46-26-34(2)10-22-54(46)59(53)39-15-19-43-41-17-13-37(29-49(41)57(5,6)51(43)31-39)38-14-18-42-44-20-16-40(32-52(44)58(7,8)50(42)30-38)60-55-23-11-35(3)27-47(55)48-28-36(4)12-24-56(48)60/h9-11,13-23,25,27-32,34H,12,24,26H2,1-8H3. The molecule has 2 heterocycles. The van der Waals surface area contributed by atoms with Gasteiger partial charge in [-0.05, 0) is 174 Å². The van der Waals surface area contributed by atoms with Gasteiger partial charge in [-0.25, -0.2) is 0 Å². The van der Waals surface area contributed by atoms with Gasteiger partial charge in [-0.1, -0.05) is 112 Å². The van der Waals surface area contributed by atoms with E-state index in [2.05, 4.69) is 192 Å². The van der Waals surface area contributed by atoms with Gasteiger partial charge in [0.05, 0.1) is 11.0 Å². The molecule has 8 aromatic rings. The largest absolute Gasteiger partial charge is 0.313 e. The molecule has 0 fully saturated rings. The normalized spacial score (nSPS) is 17.6. The van der Waals surface area contributed by atoms with E-state index in [1.165, 1.54) is 128 Å². The molecular formula is C58H52N2. The van der Waals surface area contributed by atoms with E-state index in [1.54, 1.807) is 0 Å². The Labute approximate surface area is 354 Å². The van der Waals surface area contributed by atoms with E-state index >= 15 is 0 Å². The second-order valence-corrected chi connectivity index (χ2v) is 19.7. The molecule has 4 aliphatic rings. The van der Waals surface area contributed by atoms with Crippen LogP contribution in [0, 0.1) is 19.8 Å². The molecule has 0 N–H and O–H groups in total. The minimum Gasteiger partial charge on any atom is -0.313 e. The van der Waals surface area contributed by atoms with Crippen LogP contribution < -0.4 is 0 Å². The smallest absolute Gasteiger partial charge is 0.0537 e. The molecule has 294 valence electrons. The lowest BCUT2D eigenvalue weighted by atomic mass is 9.80. The van der Waals surface area contributed by atoms with Crippen LogP contribution in [0.25, 0.3) is 78.7 Å². The Balaban J connectivity index is 0.912. The van der Waals surface area contributed by atoms with Crippen molar-refractivity contribution >= 4 is 34.0 Å². The van der Waals surface area contributed by atoms with Crippen molar-refractivity contribution in [3.63, 3.8) is 0 Å². The molecule has 2 nitrogen and oxygen atoms in total. The maximum absolute atomic E-state index is 2.55. The summed E-state index contributed by atoms with van der Waals surface area (Å²) in [7, 11) is 0. The molecule has 0 saturated carbocycles. The molecule has 6 aromatic carbocycles. The van der Waals surface area contributed by atoms with Crippen molar-refractivity contribution in [1.82, 2.24) is 9.13 Å². The quantitative estimate of drug-likeness (QED) is 0.169. The van der Waals surface area contributed by atoms with Crippen molar-refractivity contribution in [3.8, 4) is 44.8 Å². The van der Waals surface area contributed by atoms with Gasteiger partial charge in [-0.15, -0.1) is 0 Å². The Kier molecular flexibility index (Phi) is 7.30. The summed E-state index contributed by atoms with van der Waals surface area (Å²) in [5.74, 6) is 0.549. The van der Waals surface area contributed by atoms with Crippen LogP contribution in [0.1, 0.15) is 104 Å². The van der Waals surface area contributed by atoms with Crippen LogP contribution in [0.3, 0.4) is 0 Å². The molecular weight excluding hydrogens is 725 g/mol. The van der Waals surface area contributed by atoms with Crippen molar-refractivity contribution in [1.29, 1.82) is 0 Å². The van der Waals surface area contributed by atoms with Crippen molar-refractivity contribution in [3.05, 3.63) is 177 Å². The maximum atomic E-state index is 2.55. The Bertz CT molecular complexity index is 3280. The average Bonchev–Trinajstić information content (AvgIpc) is 3.88. The Morgan fingerprint density at radius 1 is 0.533 bits per heavy atom. The first-order valence-corrected chi connectivity index (χ1v) is 22.1. The first-order valence-electron chi connectivity index (χ1n) is 22.1. The van der Waals surface area contributed by atoms with E-state index < -0.39 is 0 Å². The maximum Gasteiger partial charge on any atom is 0.0537 e. The molecule has 60 heavy (non-hydrogen) atoms. The SMILES string of the molecule is CC1=Cc2c(n(-c3ccc4c(c3)C(C)(C)c3cc(-c5ccc6c(c5)C(C)(C)c5cc(-n7c8c(c9cc(C)ccc97)CC(C)C=C8)ccc5-6)ccc3-4)c3ccc(C)cc23)CC1. The average molecular weight is 777 g/mol. The van der Waals surface area contributed by atoms with E-state index in [1.807, 2.05) is 0 Å². The summed E-state index contributed by atoms with van der Waals surface area (Å²) in [6, 6.07) is 42.9. The summed E-state index contributed by atoms with van der Waals surface area (Å²) in [4.78, 5) is 0. The van der Waals surface area contributed by atoms with Crippen LogP contribution in [0.15, 0.2) is 121 Å². The highest BCUT2D eigenvalue weighted by atomic mass is 15.0. The fourth-order valence-electron chi connectivity index (χ4n) is 11.7. The van der Waals surface area contributed by atoms with E-state index in [0.717, 1.165) is 19.3 Å². The van der Waals surface area contributed by atoms with Gasteiger partial charge in [-0.3, -0.25) is 0 Å². The lowest BCUT2D eigenvalue weighted by molar-refractivity contribution is 0.659. The third-order valence-electron chi connectivity index (χ3n) is 15.0. The monoisotopic (exact) mass is 776 g/mol. The summed E-state index contributed by atoms with van der Waals surface area (Å²) < 4.78 is 5.07. The number of aromatic nitrogens is 2. The number of benzene rings is 6. The highest BCUT2D eigenvalue weighted by molar-refractivity contribution is 5.95. The van der Waals surface area contributed by atoms with Gasteiger partial charge in [0.25, 0.3) is 0 Å². The predicted molar refractivity (Wildman–Crippen MR) is 254 cm³/mol. The first kappa shape index (κ1) is 35.8. The molecule has 2 aromatic heterocycles. The number of hydrogen-bond donors (Lipinski definition) is 0. The Morgan fingerprint density at radius 2 is 1.05 bits per heavy atom. The molecule has 0 saturated heterocycles. The molecule has 0 spiro atoms. The van der Waals surface area contributed by atoms with Crippen LogP contribution >= 0.6 is 0 Å². The van der Waals surface area contributed by atoms with Gasteiger partial charge >= 0.3 is 0 Å². The van der Waals surface area contributed by atoms with Crippen molar-refractivity contribution in [2.24, 2.45) is 5.92 Å². The predicted octanol–water partition coefficient (Wildman–Crippen LogP) is 15.0. The Morgan fingerprint density at radius 3 is 1.65 bits per heavy atom. The zero-order valence-corrected chi connectivity index (χ0v) is 36.2. The van der Waals surface area contributed by atoms with Crippen LogP contribution in [0.5, 0.6) is 0 Å². The summed E-state index contributed by atoms with van der Waals surface area (Å²) in [6.45, 7) is 18.7. The fourth-order valence-corrected chi connectivity index (χ4v) is 11.7. The van der Waals surface area contributed by atoms with Gasteiger partial charge in [-0.2, -0.15) is 0 Å².